The molecule has 1 aromatic carbocycles. The van der Waals surface area contributed by atoms with Crippen LogP contribution < -0.4 is 5.32 Å². The molecular weight excluding hydrogens is 336 g/mol. The second-order valence-electron chi connectivity index (χ2n) is 7.70. The van der Waals surface area contributed by atoms with Gasteiger partial charge >= 0.3 is 0 Å². The molecule has 3 rings (SSSR count). The Kier molecular flexibility index (Phi) is 5.49. The van der Waals surface area contributed by atoms with Crippen LogP contribution in [-0.2, 0) is 21.2 Å². The molecule has 1 heterocycles. The van der Waals surface area contributed by atoms with Crippen LogP contribution in [-0.4, -0.2) is 49.4 Å². The summed E-state index contributed by atoms with van der Waals surface area (Å²) in [6.07, 6.45) is 2.80. The van der Waals surface area contributed by atoms with E-state index in [0.29, 0.717) is 24.9 Å². The average molecular weight is 365 g/mol. The number of rotatable bonds is 7. The predicted octanol–water partition coefficient (Wildman–Crippen LogP) is 2.08. The molecule has 0 radical (unpaired) electrons. The average Bonchev–Trinajstić information content (AvgIpc) is 3.32. The van der Waals surface area contributed by atoms with Crippen molar-refractivity contribution < 1.29 is 13.2 Å². The van der Waals surface area contributed by atoms with E-state index in [2.05, 4.69) is 48.3 Å². The Balaban J connectivity index is 1.55. The molecule has 0 unspecified atom stereocenters. The van der Waals surface area contributed by atoms with Gasteiger partial charge in [-0.25, -0.2) is 8.42 Å². The van der Waals surface area contributed by atoms with E-state index in [0.717, 1.165) is 19.4 Å². The maximum absolute atomic E-state index is 12.3. The van der Waals surface area contributed by atoms with Crippen molar-refractivity contribution in [3.63, 3.8) is 0 Å². The molecule has 2 aliphatic rings. The molecule has 25 heavy (non-hydrogen) atoms. The Morgan fingerprint density at radius 2 is 1.88 bits per heavy atom. The zero-order valence-electron chi connectivity index (χ0n) is 15.1. The number of amides is 1. The molecule has 1 saturated heterocycles. The minimum absolute atomic E-state index is 0.0622. The quantitative estimate of drug-likeness (QED) is 0.804. The van der Waals surface area contributed by atoms with Crippen LogP contribution in [0, 0.1) is 0 Å². The number of nitrogens with zero attached hydrogens (tertiary/aromatic N) is 1. The molecule has 0 aromatic heterocycles. The number of carbonyl (C=O) groups is 1. The predicted molar refractivity (Wildman–Crippen MR) is 99.2 cm³/mol. The molecule has 0 spiro atoms. The second kappa shape index (κ2) is 7.46. The maximum atomic E-state index is 12.3. The number of sulfone groups is 1. The van der Waals surface area contributed by atoms with E-state index < -0.39 is 9.84 Å². The van der Waals surface area contributed by atoms with Gasteiger partial charge in [0.2, 0.25) is 5.91 Å². The first-order valence-electron chi connectivity index (χ1n) is 9.15. The smallest absolute Gasteiger partial charge is 0.234 e. The highest BCUT2D eigenvalue weighted by Gasteiger charge is 2.32. The number of nitrogens with one attached hydrogen (secondary N) is 1. The summed E-state index contributed by atoms with van der Waals surface area (Å²) >= 11 is 0. The third-order valence-corrected chi connectivity index (χ3v) is 6.81. The van der Waals surface area contributed by atoms with Crippen LogP contribution in [0.1, 0.15) is 50.2 Å². The van der Waals surface area contributed by atoms with Crippen LogP contribution in [0.15, 0.2) is 24.3 Å². The normalized spacial score (nSPS) is 22.5. The van der Waals surface area contributed by atoms with Crippen LogP contribution in [0.25, 0.3) is 0 Å². The summed E-state index contributed by atoms with van der Waals surface area (Å²) < 4.78 is 23.0. The van der Waals surface area contributed by atoms with Crippen molar-refractivity contribution in [3.05, 3.63) is 35.4 Å². The zero-order valence-corrected chi connectivity index (χ0v) is 15.9. The van der Waals surface area contributed by atoms with Gasteiger partial charge in [-0.15, -0.1) is 0 Å². The highest BCUT2D eigenvalue weighted by atomic mass is 32.2. The molecule has 1 atom stereocenters. The number of hydrogen-bond acceptors (Lipinski definition) is 4. The lowest BCUT2D eigenvalue weighted by atomic mass is 10.0. The van der Waals surface area contributed by atoms with Crippen LogP contribution >= 0.6 is 0 Å². The maximum Gasteiger partial charge on any atom is 0.234 e. The number of hydrogen-bond donors (Lipinski definition) is 1. The minimum Gasteiger partial charge on any atom is -0.351 e. The van der Waals surface area contributed by atoms with Crippen LogP contribution in [0.3, 0.4) is 0 Å². The van der Waals surface area contributed by atoms with Gasteiger partial charge < -0.3 is 5.32 Å². The van der Waals surface area contributed by atoms with Gasteiger partial charge in [0.25, 0.3) is 0 Å². The number of carbonyl (C=O) groups excluding carboxylic acids is 1. The Morgan fingerprint density at radius 3 is 2.40 bits per heavy atom. The van der Waals surface area contributed by atoms with Gasteiger partial charge in [0.1, 0.15) is 0 Å². The molecule has 6 heteroatoms. The fourth-order valence-corrected chi connectivity index (χ4v) is 5.04. The third-order valence-electron chi connectivity index (χ3n) is 5.04. The summed E-state index contributed by atoms with van der Waals surface area (Å²) in [4.78, 5) is 14.6. The van der Waals surface area contributed by atoms with E-state index in [9.17, 15) is 13.2 Å². The fraction of sp³-hybridized carbons (Fsp3) is 0.632. The summed E-state index contributed by atoms with van der Waals surface area (Å²) in [7, 11) is -2.96. The monoisotopic (exact) mass is 364 g/mol. The molecule has 1 N–H and O–H groups in total. The van der Waals surface area contributed by atoms with Gasteiger partial charge in [-0.1, -0.05) is 38.1 Å². The Bertz CT molecular complexity index is 709. The van der Waals surface area contributed by atoms with Crippen molar-refractivity contribution in [1.82, 2.24) is 10.2 Å². The first kappa shape index (κ1) is 18.4. The number of benzene rings is 1. The van der Waals surface area contributed by atoms with Gasteiger partial charge in [0, 0.05) is 18.6 Å². The Labute approximate surface area is 150 Å². The van der Waals surface area contributed by atoms with Crippen LogP contribution in [0.2, 0.25) is 0 Å². The molecule has 1 aliphatic carbocycles. The van der Waals surface area contributed by atoms with Gasteiger partial charge in [0.05, 0.1) is 18.1 Å². The minimum atomic E-state index is -2.96. The van der Waals surface area contributed by atoms with Crippen molar-refractivity contribution in [1.29, 1.82) is 0 Å². The molecule has 1 amide bonds. The Morgan fingerprint density at radius 1 is 1.20 bits per heavy atom. The van der Waals surface area contributed by atoms with E-state index in [1.54, 1.807) is 0 Å². The van der Waals surface area contributed by atoms with Crippen molar-refractivity contribution in [2.24, 2.45) is 0 Å². The summed E-state index contributed by atoms with van der Waals surface area (Å²) in [5.74, 6) is 0.723. The molecule has 2 fully saturated rings. The van der Waals surface area contributed by atoms with Crippen LogP contribution in [0.4, 0.5) is 0 Å². The van der Waals surface area contributed by atoms with Crippen molar-refractivity contribution in [2.45, 2.75) is 57.7 Å². The lowest BCUT2D eigenvalue weighted by Crippen LogP contribution is -2.43. The highest BCUT2D eigenvalue weighted by Crippen LogP contribution is 2.28. The van der Waals surface area contributed by atoms with E-state index in [4.69, 9.17) is 0 Å². The van der Waals surface area contributed by atoms with E-state index in [1.807, 2.05) is 0 Å². The van der Waals surface area contributed by atoms with Gasteiger partial charge in [-0.05, 0) is 36.3 Å². The molecule has 1 aliphatic heterocycles. The Hall–Kier alpha value is -1.40. The van der Waals surface area contributed by atoms with Crippen molar-refractivity contribution >= 4 is 15.7 Å². The van der Waals surface area contributed by atoms with E-state index in [-0.39, 0.29) is 23.5 Å². The summed E-state index contributed by atoms with van der Waals surface area (Å²) in [6, 6.07) is 8.87. The molecule has 1 aromatic rings. The summed E-state index contributed by atoms with van der Waals surface area (Å²) in [5, 5.41) is 2.90. The first-order valence-corrected chi connectivity index (χ1v) is 11.0. The summed E-state index contributed by atoms with van der Waals surface area (Å²) in [5.41, 5.74) is 2.54. The largest absolute Gasteiger partial charge is 0.351 e. The van der Waals surface area contributed by atoms with Crippen LogP contribution in [0.5, 0.6) is 0 Å². The second-order valence-corrected chi connectivity index (χ2v) is 9.93. The summed E-state index contributed by atoms with van der Waals surface area (Å²) in [6.45, 7) is 5.46. The molecule has 5 nitrogen and oxygen atoms in total. The van der Waals surface area contributed by atoms with Gasteiger partial charge in [-0.2, -0.15) is 0 Å². The SMILES string of the molecule is CC(C)c1ccc(CN(CC(=O)N[C@@H]2CCS(=O)(=O)C2)C2CC2)cc1. The molecule has 138 valence electrons. The molecular formula is C19H28N2O3S. The standard InChI is InChI=1S/C19H28N2O3S/c1-14(2)16-5-3-15(4-6-16)11-21(18-7-8-18)12-19(22)20-17-9-10-25(23,24)13-17/h3-6,14,17-18H,7-13H2,1-2H3,(H,20,22)/t17-/m1/s1. The van der Waals surface area contributed by atoms with Gasteiger partial charge in [-0.3, -0.25) is 9.69 Å². The van der Waals surface area contributed by atoms with Crippen molar-refractivity contribution in [2.75, 3.05) is 18.1 Å². The van der Waals surface area contributed by atoms with E-state index >= 15 is 0 Å². The van der Waals surface area contributed by atoms with Crippen molar-refractivity contribution in [3.8, 4) is 0 Å². The lowest BCUT2D eigenvalue weighted by Gasteiger charge is -2.23. The highest BCUT2D eigenvalue weighted by molar-refractivity contribution is 7.91. The lowest BCUT2D eigenvalue weighted by molar-refractivity contribution is -0.123. The first-order chi connectivity index (χ1) is 11.8. The molecule has 0 bridgehead atoms. The van der Waals surface area contributed by atoms with Gasteiger partial charge in [0.15, 0.2) is 9.84 Å². The molecule has 1 saturated carbocycles. The fourth-order valence-electron chi connectivity index (χ4n) is 3.36. The zero-order chi connectivity index (χ0) is 18.0. The third kappa shape index (κ3) is 5.28. The van der Waals surface area contributed by atoms with E-state index in [1.165, 1.54) is 11.1 Å². The topological polar surface area (TPSA) is 66.5 Å².